The largest absolute Gasteiger partial charge is 0.464 e. The molecule has 2 bridgehead atoms. The first-order chi connectivity index (χ1) is 13.6. The van der Waals surface area contributed by atoms with Gasteiger partial charge in [-0.15, -0.1) is 0 Å². The maximum atomic E-state index is 13.2. The number of ether oxygens (including phenoxy) is 1. The quantitative estimate of drug-likeness (QED) is 0.759. The molecule has 0 radical (unpaired) electrons. The summed E-state index contributed by atoms with van der Waals surface area (Å²) >= 11 is 0. The number of fused-ring (bicyclic) bond motifs is 3. The number of likely N-dealkylation sites (tertiary alicyclic amines) is 1. The Morgan fingerprint density at radius 1 is 1.24 bits per heavy atom. The molecule has 1 aromatic heterocycles. The van der Waals surface area contributed by atoms with E-state index in [4.69, 9.17) is 4.74 Å². The second-order valence-electron chi connectivity index (χ2n) is 9.96. The van der Waals surface area contributed by atoms with Crippen molar-refractivity contribution in [2.45, 2.75) is 59.0 Å². The van der Waals surface area contributed by atoms with Gasteiger partial charge in [-0.1, -0.05) is 39.0 Å². The molecule has 2 aliphatic rings. The number of carbonyl (C=O) groups is 2. The van der Waals surface area contributed by atoms with Gasteiger partial charge in [-0.3, -0.25) is 9.69 Å². The van der Waals surface area contributed by atoms with Gasteiger partial charge in [0.25, 0.3) is 0 Å². The van der Waals surface area contributed by atoms with Crippen molar-refractivity contribution in [2.24, 2.45) is 10.8 Å². The highest BCUT2D eigenvalue weighted by molar-refractivity contribution is 6.11. The van der Waals surface area contributed by atoms with E-state index in [0.717, 1.165) is 30.3 Å². The van der Waals surface area contributed by atoms with Crippen LogP contribution in [0.2, 0.25) is 0 Å². The van der Waals surface area contributed by atoms with Crippen molar-refractivity contribution in [3.63, 3.8) is 0 Å². The number of carbonyl (C=O) groups excluding carboxylic acids is 2. The molecule has 1 aromatic carbocycles. The maximum Gasteiger partial charge on any atom is 0.356 e. The lowest BCUT2D eigenvalue weighted by Crippen LogP contribution is -2.45. The number of benzene rings is 1. The molecule has 29 heavy (non-hydrogen) atoms. The Labute approximate surface area is 172 Å². The lowest BCUT2D eigenvalue weighted by molar-refractivity contribution is -0.121. The second kappa shape index (κ2) is 6.87. The third kappa shape index (κ3) is 3.54. The van der Waals surface area contributed by atoms with Crippen molar-refractivity contribution in [1.29, 1.82) is 0 Å². The maximum absolute atomic E-state index is 13.2. The highest BCUT2D eigenvalue weighted by Gasteiger charge is 2.51. The first-order valence-electron chi connectivity index (χ1n) is 10.4. The van der Waals surface area contributed by atoms with Crippen LogP contribution in [0.3, 0.4) is 0 Å². The topological polar surface area (TPSA) is 74.4 Å². The summed E-state index contributed by atoms with van der Waals surface area (Å²) in [6.07, 6.45) is 3.45. The van der Waals surface area contributed by atoms with Crippen molar-refractivity contribution >= 4 is 28.5 Å². The van der Waals surface area contributed by atoms with E-state index in [1.165, 1.54) is 13.5 Å². The molecule has 2 N–H and O–H groups in total. The van der Waals surface area contributed by atoms with Crippen molar-refractivity contribution in [1.82, 2.24) is 9.88 Å². The van der Waals surface area contributed by atoms with Crippen LogP contribution in [0, 0.1) is 10.8 Å². The summed E-state index contributed by atoms with van der Waals surface area (Å²) in [6, 6.07) is 7.71. The van der Waals surface area contributed by atoms with E-state index in [0.29, 0.717) is 17.1 Å². The number of anilines is 1. The minimum absolute atomic E-state index is 0.0890. The van der Waals surface area contributed by atoms with Crippen molar-refractivity contribution in [2.75, 3.05) is 19.0 Å². The van der Waals surface area contributed by atoms with Crippen LogP contribution < -0.4 is 5.32 Å². The first kappa shape index (κ1) is 20.0. The summed E-state index contributed by atoms with van der Waals surface area (Å²) in [6.45, 7) is 9.92. The number of rotatable bonds is 4. The van der Waals surface area contributed by atoms with Crippen LogP contribution in [0.25, 0.3) is 10.9 Å². The van der Waals surface area contributed by atoms with Crippen LogP contribution in [-0.4, -0.2) is 47.5 Å². The number of methoxy groups -OCH3 is 1. The van der Waals surface area contributed by atoms with E-state index in [1.807, 2.05) is 31.2 Å². The Morgan fingerprint density at radius 2 is 1.97 bits per heavy atom. The third-order valence-corrected chi connectivity index (χ3v) is 6.68. The SMILES string of the molecule is COC(=O)c1[nH]c2ccccc2c1NC(=O)[C@H](C)N1C[C@@]2(C)C[C@H]1CC(C)(C)C2. The van der Waals surface area contributed by atoms with Crippen LogP contribution in [-0.2, 0) is 9.53 Å². The molecular formula is C23H31N3O3. The van der Waals surface area contributed by atoms with Gasteiger partial charge in [0.15, 0.2) is 0 Å². The van der Waals surface area contributed by atoms with Crippen LogP contribution in [0.5, 0.6) is 0 Å². The second-order valence-corrected chi connectivity index (χ2v) is 9.96. The van der Waals surface area contributed by atoms with E-state index in [2.05, 4.69) is 36.0 Å². The van der Waals surface area contributed by atoms with Crippen LogP contribution in [0.4, 0.5) is 5.69 Å². The molecule has 0 spiro atoms. The molecule has 0 unspecified atom stereocenters. The minimum Gasteiger partial charge on any atom is -0.464 e. The number of amides is 1. The van der Waals surface area contributed by atoms with Crippen molar-refractivity contribution in [3.05, 3.63) is 30.0 Å². The molecule has 4 rings (SSSR count). The molecule has 1 aliphatic carbocycles. The number of para-hydroxylation sites is 1. The van der Waals surface area contributed by atoms with E-state index in [9.17, 15) is 9.59 Å². The molecule has 1 saturated carbocycles. The molecule has 156 valence electrons. The molecular weight excluding hydrogens is 366 g/mol. The van der Waals surface area contributed by atoms with Gasteiger partial charge in [-0.25, -0.2) is 4.79 Å². The average Bonchev–Trinajstić information content (AvgIpc) is 3.14. The molecule has 6 nitrogen and oxygen atoms in total. The molecule has 2 fully saturated rings. The number of nitrogens with one attached hydrogen (secondary N) is 2. The first-order valence-corrected chi connectivity index (χ1v) is 10.4. The fraction of sp³-hybridized carbons (Fsp3) is 0.565. The average molecular weight is 398 g/mol. The van der Waals surface area contributed by atoms with E-state index < -0.39 is 5.97 Å². The van der Waals surface area contributed by atoms with Crippen LogP contribution in [0.1, 0.15) is 57.4 Å². The minimum atomic E-state index is -0.490. The smallest absolute Gasteiger partial charge is 0.356 e. The van der Waals surface area contributed by atoms with Crippen molar-refractivity contribution < 1.29 is 14.3 Å². The Kier molecular flexibility index (Phi) is 4.73. The highest BCUT2D eigenvalue weighted by Crippen LogP contribution is 2.53. The van der Waals surface area contributed by atoms with Gasteiger partial charge in [-0.2, -0.15) is 0 Å². The summed E-state index contributed by atoms with van der Waals surface area (Å²) in [7, 11) is 1.34. The predicted octanol–water partition coefficient (Wildman–Crippen LogP) is 4.18. The molecule has 1 saturated heterocycles. The Bertz CT molecular complexity index is 963. The zero-order valence-electron chi connectivity index (χ0n) is 18.0. The Hall–Kier alpha value is -2.34. The number of hydrogen-bond donors (Lipinski definition) is 2. The summed E-state index contributed by atoms with van der Waals surface area (Å²) in [5.74, 6) is -0.579. The number of aromatic nitrogens is 1. The highest BCUT2D eigenvalue weighted by atomic mass is 16.5. The van der Waals surface area contributed by atoms with Gasteiger partial charge in [0.1, 0.15) is 5.69 Å². The summed E-state index contributed by atoms with van der Waals surface area (Å²) < 4.78 is 4.91. The van der Waals surface area contributed by atoms with Gasteiger partial charge in [0, 0.05) is 23.5 Å². The van der Waals surface area contributed by atoms with Crippen LogP contribution in [0.15, 0.2) is 24.3 Å². The molecule has 2 heterocycles. The van der Waals surface area contributed by atoms with E-state index in [1.54, 1.807) is 0 Å². The fourth-order valence-corrected chi connectivity index (χ4v) is 5.86. The summed E-state index contributed by atoms with van der Waals surface area (Å²) in [4.78, 5) is 30.9. The van der Waals surface area contributed by atoms with Gasteiger partial charge in [0.05, 0.1) is 18.8 Å². The Balaban J connectivity index is 1.60. The number of esters is 1. The predicted molar refractivity (Wildman–Crippen MR) is 114 cm³/mol. The van der Waals surface area contributed by atoms with Gasteiger partial charge in [-0.05, 0) is 43.1 Å². The van der Waals surface area contributed by atoms with E-state index in [-0.39, 0.29) is 23.1 Å². The molecule has 1 aliphatic heterocycles. The van der Waals surface area contributed by atoms with E-state index >= 15 is 0 Å². The molecule has 2 aromatic rings. The van der Waals surface area contributed by atoms with Crippen LogP contribution >= 0.6 is 0 Å². The van der Waals surface area contributed by atoms with Gasteiger partial charge in [0.2, 0.25) is 5.91 Å². The molecule has 6 heteroatoms. The zero-order chi connectivity index (χ0) is 21.0. The number of hydrogen-bond acceptors (Lipinski definition) is 4. The number of nitrogens with zero attached hydrogens (tertiary/aromatic N) is 1. The lowest BCUT2D eigenvalue weighted by atomic mass is 9.65. The molecule has 1 amide bonds. The summed E-state index contributed by atoms with van der Waals surface area (Å²) in [5.41, 5.74) is 2.14. The summed E-state index contributed by atoms with van der Waals surface area (Å²) in [5, 5.41) is 3.83. The molecule has 3 atom stereocenters. The fourth-order valence-electron chi connectivity index (χ4n) is 5.86. The normalized spacial score (nSPS) is 27.0. The Morgan fingerprint density at radius 3 is 2.69 bits per heavy atom. The third-order valence-electron chi connectivity index (χ3n) is 6.68. The van der Waals surface area contributed by atoms with Crippen molar-refractivity contribution in [3.8, 4) is 0 Å². The lowest BCUT2D eigenvalue weighted by Gasteiger charge is -2.40. The van der Waals surface area contributed by atoms with Gasteiger partial charge >= 0.3 is 5.97 Å². The number of aromatic amines is 1. The van der Waals surface area contributed by atoms with Gasteiger partial charge < -0.3 is 15.0 Å². The zero-order valence-corrected chi connectivity index (χ0v) is 18.0. The number of H-pyrrole nitrogens is 1. The standard InChI is InChI=1S/C23H31N3O3/c1-14(26-13-23(4)11-15(26)10-22(2,3)12-23)20(27)25-18-16-8-6-7-9-17(16)24-19(18)21(28)29-5/h6-9,14-15,24H,10-13H2,1-5H3,(H,25,27)/t14-,15+,23-/m0/s1. The monoisotopic (exact) mass is 397 g/mol.